The summed E-state index contributed by atoms with van der Waals surface area (Å²) in [6, 6.07) is 17.0. The fraction of sp³-hybridized carbons (Fsp3) is 0.211. The lowest BCUT2D eigenvalue weighted by atomic mass is 10.1. The molecule has 1 unspecified atom stereocenters. The molecule has 1 fully saturated rings. The molecular weight excluding hydrogens is 382 g/mol. The Morgan fingerprint density at radius 1 is 1.12 bits per heavy atom. The summed E-state index contributed by atoms with van der Waals surface area (Å²) in [5.74, 6) is 1.03. The zero-order chi connectivity index (χ0) is 17.2. The number of aromatic nitrogens is 2. The molecule has 0 saturated carbocycles. The number of carbonyl (C=O) groups excluding carboxylic acids is 1. The monoisotopic (exact) mass is 397 g/mol. The van der Waals surface area contributed by atoms with Crippen LogP contribution in [0.4, 0.5) is 0 Å². The standard InChI is InChI=1S/C19H16BrN3O2/c20-15-10-5-4-9-14(15)19(24)23-12-6-11-16(23)18-21-17(22-25-18)13-7-2-1-3-8-13/h1-5,7-10,16H,6,11-12H2. The average molecular weight is 398 g/mol. The van der Waals surface area contributed by atoms with Gasteiger partial charge in [0.15, 0.2) is 0 Å². The fourth-order valence-corrected chi connectivity index (χ4v) is 3.59. The van der Waals surface area contributed by atoms with E-state index < -0.39 is 0 Å². The van der Waals surface area contributed by atoms with E-state index in [0.717, 1.165) is 22.9 Å². The van der Waals surface area contributed by atoms with E-state index in [0.29, 0.717) is 23.8 Å². The summed E-state index contributed by atoms with van der Waals surface area (Å²) in [5.41, 5.74) is 1.55. The second-order valence-electron chi connectivity index (χ2n) is 5.96. The molecule has 5 nitrogen and oxygen atoms in total. The van der Waals surface area contributed by atoms with Crippen molar-refractivity contribution < 1.29 is 9.32 Å². The van der Waals surface area contributed by atoms with Crippen LogP contribution >= 0.6 is 15.9 Å². The third-order valence-electron chi connectivity index (χ3n) is 4.38. The summed E-state index contributed by atoms with van der Waals surface area (Å²) in [5, 5.41) is 4.08. The molecule has 126 valence electrons. The summed E-state index contributed by atoms with van der Waals surface area (Å²) in [4.78, 5) is 19.3. The number of amides is 1. The van der Waals surface area contributed by atoms with Gasteiger partial charge >= 0.3 is 0 Å². The van der Waals surface area contributed by atoms with Crippen molar-refractivity contribution >= 4 is 21.8 Å². The lowest BCUT2D eigenvalue weighted by Gasteiger charge is -2.22. The van der Waals surface area contributed by atoms with Crippen LogP contribution in [0.3, 0.4) is 0 Å². The molecule has 1 amide bonds. The van der Waals surface area contributed by atoms with Crippen LogP contribution < -0.4 is 0 Å². The maximum atomic E-state index is 12.9. The van der Waals surface area contributed by atoms with Crippen LogP contribution in [0.25, 0.3) is 11.4 Å². The normalized spacial score (nSPS) is 17.0. The molecule has 25 heavy (non-hydrogen) atoms. The molecule has 2 aromatic carbocycles. The zero-order valence-corrected chi connectivity index (χ0v) is 15.0. The highest BCUT2D eigenvalue weighted by Gasteiger charge is 2.35. The van der Waals surface area contributed by atoms with E-state index in [1.807, 2.05) is 59.5 Å². The lowest BCUT2D eigenvalue weighted by Crippen LogP contribution is -2.31. The van der Waals surface area contributed by atoms with Gasteiger partial charge in [-0.1, -0.05) is 47.6 Å². The van der Waals surface area contributed by atoms with E-state index in [1.165, 1.54) is 0 Å². The first kappa shape index (κ1) is 16.0. The number of rotatable bonds is 3. The molecule has 4 rings (SSSR count). The van der Waals surface area contributed by atoms with Gasteiger partial charge < -0.3 is 9.42 Å². The minimum absolute atomic E-state index is 0.0190. The van der Waals surface area contributed by atoms with Gasteiger partial charge in [-0.3, -0.25) is 4.79 Å². The minimum atomic E-state index is -0.176. The highest BCUT2D eigenvalue weighted by molar-refractivity contribution is 9.10. The van der Waals surface area contributed by atoms with Crippen LogP contribution in [0.2, 0.25) is 0 Å². The van der Waals surface area contributed by atoms with E-state index >= 15 is 0 Å². The summed E-state index contributed by atoms with van der Waals surface area (Å²) in [6.45, 7) is 0.688. The van der Waals surface area contributed by atoms with Crippen molar-refractivity contribution in [2.24, 2.45) is 0 Å². The first-order valence-electron chi connectivity index (χ1n) is 8.18. The number of hydrogen-bond acceptors (Lipinski definition) is 4. The topological polar surface area (TPSA) is 59.2 Å². The van der Waals surface area contributed by atoms with Crippen LogP contribution in [0.1, 0.15) is 35.1 Å². The fourth-order valence-electron chi connectivity index (χ4n) is 3.13. The molecule has 0 radical (unpaired) electrons. The number of likely N-dealkylation sites (tertiary alicyclic amines) is 1. The molecule has 1 aromatic heterocycles. The summed E-state index contributed by atoms with van der Waals surface area (Å²) in [7, 11) is 0. The number of carbonyl (C=O) groups is 1. The van der Waals surface area contributed by atoms with Crippen molar-refractivity contribution in [2.75, 3.05) is 6.54 Å². The molecule has 0 N–H and O–H groups in total. The van der Waals surface area contributed by atoms with E-state index in [2.05, 4.69) is 26.1 Å². The third-order valence-corrected chi connectivity index (χ3v) is 5.07. The Labute approximate surface area is 153 Å². The van der Waals surface area contributed by atoms with Gasteiger partial charge in [0, 0.05) is 16.6 Å². The Morgan fingerprint density at radius 2 is 1.88 bits per heavy atom. The molecule has 0 bridgehead atoms. The Bertz CT molecular complexity index is 894. The smallest absolute Gasteiger partial charge is 0.255 e. The van der Waals surface area contributed by atoms with Crippen LogP contribution in [0.15, 0.2) is 63.6 Å². The van der Waals surface area contributed by atoms with Gasteiger partial charge in [-0.05, 0) is 40.9 Å². The molecule has 0 aliphatic carbocycles. The van der Waals surface area contributed by atoms with Crippen molar-refractivity contribution in [1.29, 1.82) is 0 Å². The SMILES string of the molecule is O=C(c1ccccc1Br)N1CCCC1c1nc(-c2ccccc2)no1. The second-order valence-corrected chi connectivity index (χ2v) is 6.81. The van der Waals surface area contributed by atoms with E-state index in [1.54, 1.807) is 0 Å². The highest BCUT2D eigenvalue weighted by Crippen LogP contribution is 2.34. The first-order valence-corrected chi connectivity index (χ1v) is 8.98. The number of halogens is 1. The highest BCUT2D eigenvalue weighted by atomic mass is 79.9. The summed E-state index contributed by atoms with van der Waals surface area (Å²) >= 11 is 3.46. The van der Waals surface area contributed by atoms with Gasteiger partial charge in [0.25, 0.3) is 5.91 Å². The number of nitrogens with zero attached hydrogens (tertiary/aromatic N) is 3. The van der Waals surface area contributed by atoms with Crippen LogP contribution in [-0.2, 0) is 0 Å². The van der Waals surface area contributed by atoms with Gasteiger partial charge in [-0.2, -0.15) is 4.98 Å². The molecule has 2 heterocycles. The Balaban J connectivity index is 1.61. The first-order chi connectivity index (χ1) is 12.2. The third kappa shape index (κ3) is 3.09. The molecule has 0 spiro atoms. The summed E-state index contributed by atoms with van der Waals surface area (Å²) in [6.07, 6.45) is 1.75. The van der Waals surface area contributed by atoms with Crippen molar-refractivity contribution in [1.82, 2.24) is 15.0 Å². The molecule has 1 atom stereocenters. The minimum Gasteiger partial charge on any atom is -0.337 e. The maximum Gasteiger partial charge on any atom is 0.255 e. The lowest BCUT2D eigenvalue weighted by molar-refractivity contribution is 0.0709. The van der Waals surface area contributed by atoms with Gasteiger partial charge in [0.1, 0.15) is 6.04 Å². The molecule has 1 saturated heterocycles. The quantitative estimate of drug-likeness (QED) is 0.653. The van der Waals surface area contributed by atoms with E-state index in [-0.39, 0.29) is 11.9 Å². The van der Waals surface area contributed by atoms with Crippen molar-refractivity contribution in [2.45, 2.75) is 18.9 Å². The van der Waals surface area contributed by atoms with Crippen molar-refractivity contribution in [3.63, 3.8) is 0 Å². The maximum absolute atomic E-state index is 12.9. The largest absolute Gasteiger partial charge is 0.337 e. The van der Waals surface area contributed by atoms with Crippen molar-refractivity contribution in [3.05, 3.63) is 70.5 Å². The molecular formula is C19H16BrN3O2. The van der Waals surface area contributed by atoms with E-state index in [4.69, 9.17) is 4.52 Å². The van der Waals surface area contributed by atoms with Gasteiger partial charge in [-0.15, -0.1) is 0 Å². The number of benzene rings is 2. The zero-order valence-electron chi connectivity index (χ0n) is 13.4. The Morgan fingerprint density at radius 3 is 2.68 bits per heavy atom. The van der Waals surface area contributed by atoms with E-state index in [9.17, 15) is 4.79 Å². The average Bonchev–Trinajstić information content (AvgIpc) is 3.31. The van der Waals surface area contributed by atoms with Crippen LogP contribution in [-0.4, -0.2) is 27.5 Å². The van der Waals surface area contributed by atoms with Gasteiger partial charge in [-0.25, -0.2) is 0 Å². The Hall–Kier alpha value is -2.47. The molecule has 3 aromatic rings. The number of hydrogen-bond donors (Lipinski definition) is 0. The molecule has 6 heteroatoms. The summed E-state index contributed by atoms with van der Waals surface area (Å²) < 4.78 is 6.28. The predicted octanol–water partition coefficient (Wildman–Crippen LogP) is 4.48. The van der Waals surface area contributed by atoms with Crippen LogP contribution in [0, 0.1) is 0 Å². The Kier molecular flexibility index (Phi) is 4.36. The van der Waals surface area contributed by atoms with Crippen LogP contribution in [0.5, 0.6) is 0 Å². The van der Waals surface area contributed by atoms with Gasteiger partial charge in [0.05, 0.1) is 5.56 Å². The molecule has 1 aliphatic heterocycles. The second kappa shape index (κ2) is 6.80. The molecule has 1 aliphatic rings. The van der Waals surface area contributed by atoms with Crippen molar-refractivity contribution in [3.8, 4) is 11.4 Å². The predicted molar refractivity (Wildman–Crippen MR) is 96.9 cm³/mol. The van der Waals surface area contributed by atoms with Gasteiger partial charge in [0.2, 0.25) is 11.7 Å².